The summed E-state index contributed by atoms with van der Waals surface area (Å²) in [7, 11) is -3.96. The number of hydrogen-bond acceptors (Lipinski definition) is 4. The number of benzene rings is 1. The maximum absolute atomic E-state index is 12.1. The van der Waals surface area contributed by atoms with Gasteiger partial charge in [0.15, 0.2) is 0 Å². The molecule has 0 aromatic heterocycles. The predicted octanol–water partition coefficient (Wildman–Crippen LogP) is 1.14. The third kappa shape index (κ3) is 3.94. The molecular weight excluding hydrogens is 316 g/mol. The monoisotopic (exact) mass is 332 g/mol. The van der Waals surface area contributed by atoms with Gasteiger partial charge in [0.2, 0.25) is 10.0 Å². The van der Waals surface area contributed by atoms with Crippen LogP contribution in [0.2, 0.25) is 5.02 Å². The first kappa shape index (κ1) is 16.2. The van der Waals surface area contributed by atoms with Crippen molar-refractivity contribution in [3.05, 3.63) is 28.8 Å². The molecule has 3 N–H and O–H groups in total. The van der Waals surface area contributed by atoms with Crippen LogP contribution in [0.15, 0.2) is 23.1 Å². The molecule has 0 saturated carbocycles. The summed E-state index contributed by atoms with van der Waals surface area (Å²) in [5.41, 5.74) is 0.204. The largest absolute Gasteiger partial charge is 0.378 e. The Hall–Kier alpha value is -1.15. The van der Waals surface area contributed by atoms with Gasteiger partial charge in [0.05, 0.1) is 11.1 Å². The van der Waals surface area contributed by atoms with Gasteiger partial charge in [-0.15, -0.1) is 0 Å². The van der Waals surface area contributed by atoms with Crippen LogP contribution in [0.1, 0.15) is 23.7 Å². The smallest absolute Gasteiger partial charge is 0.251 e. The second kappa shape index (κ2) is 6.31. The molecule has 1 amide bonds. The maximum atomic E-state index is 12.1. The first-order chi connectivity index (χ1) is 9.79. The van der Waals surface area contributed by atoms with Crippen molar-refractivity contribution in [3.8, 4) is 0 Å². The Morgan fingerprint density at radius 3 is 2.81 bits per heavy atom. The van der Waals surface area contributed by atoms with E-state index in [1.165, 1.54) is 18.2 Å². The van der Waals surface area contributed by atoms with Gasteiger partial charge in [-0.3, -0.25) is 4.79 Å². The van der Waals surface area contributed by atoms with E-state index in [-0.39, 0.29) is 33.4 Å². The highest BCUT2D eigenvalue weighted by molar-refractivity contribution is 7.89. The number of ether oxygens (including phenoxy) is 1. The molecule has 1 aliphatic rings. The van der Waals surface area contributed by atoms with Crippen molar-refractivity contribution in [2.75, 3.05) is 13.2 Å². The minimum absolute atomic E-state index is 0.00753. The van der Waals surface area contributed by atoms with Gasteiger partial charge in [0.1, 0.15) is 4.90 Å². The van der Waals surface area contributed by atoms with E-state index in [2.05, 4.69) is 5.32 Å². The molecule has 1 saturated heterocycles. The third-order valence-electron chi connectivity index (χ3n) is 3.56. The molecule has 1 aromatic rings. The van der Waals surface area contributed by atoms with Gasteiger partial charge in [0.25, 0.3) is 5.91 Å². The molecule has 8 heteroatoms. The van der Waals surface area contributed by atoms with Crippen LogP contribution in [0.3, 0.4) is 0 Å². The molecule has 0 aliphatic carbocycles. The minimum Gasteiger partial charge on any atom is -0.378 e. The Morgan fingerprint density at radius 1 is 1.52 bits per heavy atom. The van der Waals surface area contributed by atoms with Gasteiger partial charge < -0.3 is 10.1 Å². The van der Waals surface area contributed by atoms with Crippen LogP contribution in [0.25, 0.3) is 0 Å². The van der Waals surface area contributed by atoms with Crippen molar-refractivity contribution in [1.29, 1.82) is 0 Å². The Balaban J connectivity index is 2.09. The quantitative estimate of drug-likeness (QED) is 0.863. The lowest BCUT2D eigenvalue weighted by atomic mass is 10.0. The summed E-state index contributed by atoms with van der Waals surface area (Å²) in [5.74, 6) is -0.102. The lowest BCUT2D eigenvalue weighted by Gasteiger charge is -2.15. The zero-order valence-electron chi connectivity index (χ0n) is 11.5. The zero-order chi connectivity index (χ0) is 15.6. The first-order valence-electron chi connectivity index (χ1n) is 6.51. The third-order valence-corrected chi connectivity index (χ3v) is 4.95. The number of carbonyl (C=O) groups is 1. The predicted molar refractivity (Wildman–Crippen MR) is 78.7 cm³/mol. The molecule has 0 spiro atoms. The van der Waals surface area contributed by atoms with Crippen molar-refractivity contribution in [3.63, 3.8) is 0 Å². The summed E-state index contributed by atoms with van der Waals surface area (Å²) in [6.07, 6.45) is 1.00. The highest BCUT2D eigenvalue weighted by Gasteiger charge is 2.25. The summed E-state index contributed by atoms with van der Waals surface area (Å²) < 4.78 is 28.2. The first-order valence-corrected chi connectivity index (χ1v) is 8.43. The summed E-state index contributed by atoms with van der Waals surface area (Å²) in [6.45, 7) is 3.14. The van der Waals surface area contributed by atoms with Gasteiger partial charge in [-0.1, -0.05) is 11.6 Å². The Bertz CT molecular complexity index is 648. The standard InChI is InChI=1S/C13H17ClN2O4S/c1-8-10(4-5-20-8)7-16-13(17)9-2-3-11(14)12(6-9)21(15,18)19/h2-3,6,8,10H,4-5,7H2,1H3,(H,16,17)(H2,15,18,19). The maximum Gasteiger partial charge on any atom is 0.251 e. The number of halogens is 1. The van der Waals surface area contributed by atoms with Crippen molar-refractivity contribution in [2.24, 2.45) is 11.1 Å². The lowest BCUT2D eigenvalue weighted by Crippen LogP contribution is -2.32. The topological polar surface area (TPSA) is 98.5 Å². The fraction of sp³-hybridized carbons (Fsp3) is 0.462. The Labute approximate surface area is 128 Å². The van der Waals surface area contributed by atoms with E-state index in [1.54, 1.807) is 0 Å². The normalized spacial score (nSPS) is 22.2. The van der Waals surface area contributed by atoms with Crippen LogP contribution in [0, 0.1) is 5.92 Å². The van der Waals surface area contributed by atoms with Crippen LogP contribution in [0.4, 0.5) is 0 Å². The van der Waals surface area contributed by atoms with Crippen molar-refractivity contribution in [1.82, 2.24) is 5.32 Å². The SMILES string of the molecule is CC1OCCC1CNC(=O)c1ccc(Cl)c(S(N)(=O)=O)c1. The van der Waals surface area contributed by atoms with Gasteiger partial charge in [-0.25, -0.2) is 13.6 Å². The molecule has 0 radical (unpaired) electrons. The number of sulfonamides is 1. The number of rotatable bonds is 4. The molecule has 2 atom stereocenters. The van der Waals surface area contributed by atoms with Crippen molar-refractivity contribution in [2.45, 2.75) is 24.3 Å². The van der Waals surface area contributed by atoms with Crippen LogP contribution in [0.5, 0.6) is 0 Å². The molecule has 1 fully saturated rings. The molecule has 1 aromatic carbocycles. The number of carbonyl (C=O) groups excluding carboxylic acids is 1. The Kier molecular flexibility index (Phi) is 4.88. The number of primary sulfonamides is 1. The fourth-order valence-electron chi connectivity index (χ4n) is 2.23. The van der Waals surface area contributed by atoms with Crippen LogP contribution >= 0.6 is 11.6 Å². The average molecular weight is 333 g/mol. The number of nitrogens with one attached hydrogen (secondary N) is 1. The molecular formula is C13H17ClN2O4S. The highest BCUT2D eigenvalue weighted by atomic mass is 35.5. The molecule has 21 heavy (non-hydrogen) atoms. The van der Waals surface area contributed by atoms with Crippen LogP contribution in [-0.2, 0) is 14.8 Å². The van der Waals surface area contributed by atoms with Crippen molar-refractivity contribution < 1.29 is 17.9 Å². The lowest BCUT2D eigenvalue weighted by molar-refractivity contribution is 0.0907. The minimum atomic E-state index is -3.96. The van der Waals surface area contributed by atoms with E-state index in [4.69, 9.17) is 21.5 Å². The van der Waals surface area contributed by atoms with E-state index < -0.39 is 10.0 Å². The van der Waals surface area contributed by atoms with Gasteiger partial charge in [-0.05, 0) is 31.5 Å². The summed E-state index contributed by atoms with van der Waals surface area (Å²) in [6, 6.07) is 3.99. The highest BCUT2D eigenvalue weighted by Crippen LogP contribution is 2.22. The van der Waals surface area contributed by atoms with E-state index in [9.17, 15) is 13.2 Å². The summed E-state index contributed by atoms with van der Waals surface area (Å²) in [4.78, 5) is 11.8. The van der Waals surface area contributed by atoms with Gasteiger partial charge in [0, 0.05) is 24.6 Å². The molecule has 0 bridgehead atoms. The molecule has 6 nitrogen and oxygen atoms in total. The van der Waals surface area contributed by atoms with Gasteiger partial charge >= 0.3 is 0 Å². The van der Waals surface area contributed by atoms with Gasteiger partial charge in [-0.2, -0.15) is 0 Å². The Morgan fingerprint density at radius 2 is 2.24 bits per heavy atom. The average Bonchev–Trinajstić information content (AvgIpc) is 2.80. The molecule has 2 rings (SSSR count). The number of amides is 1. The second-order valence-electron chi connectivity index (χ2n) is 5.02. The number of hydrogen-bond donors (Lipinski definition) is 2. The van der Waals surface area contributed by atoms with Crippen LogP contribution in [-0.4, -0.2) is 33.6 Å². The molecule has 116 valence electrons. The zero-order valence-corrected chi connectivity index (χ0v) is 13.1. The molecule has 2 unspecified atom stereocenters. The summed E-state index contributed by atoms with van der Waals surface area (Å²) in [5, 5.41) is 7.82. The second-order valence-corrected chi connectivity index (χ2v) is 6.96. The fourth-order valence-corrected chi connectivity index (χ4v) is 3.30. The van der Waals surface area contributed by atoms with E-state index in [0.29, 0.717) is 13.2 Å². The van der Waals surface area contributed by atoms with E-state index in [1.807, 2.05) is 6.92 Å². The summed E-state index contributed by atoms with van der Waals surface area (Å²) >= 11 is 5.78. The van der Waals surface area contributed by atoms with Crippen molar-refractivity contribution >= 4 is 27.5 Å². The molecule has 1 heterocycles. The van der Waals surface area contributed by atoms with Crippen LogP contribution < -0.4 is 10.5 Å². The van der Waals surface area contributed by atoms with E-state index in [0.717, 1.165) is 6.42 Å². The van der Waals surface area contributed by atoms with E-state index >= 15 is 0 Å². The number of nitrogens with two attached hydrogens (primary N) is 1. The molecule has 1 aliphatic heterocycles.